The summed E-state index contributed by atoms with van der Waals surface area (Å²) >= 11 is 6.36. The number of hydrogen-bond acceptors (Lipinski definition) is 8. The standard InChI is InChI=1S/C25H28ClN3O5Si/c1-4-25(34-21(30)10-27)17-9-18-22(23(31)16(17)12-33-24(25)32)29-11-15-14(8-20(29)28-18)6-5-7-19(15)35(2,3)13-26/h5-8,28H,4,9-13,27H2,1-3H3. The fraction of sp³-hybridized carbons (Fsp3) is 0.400. The molecule has 184 valence electrons. The number of cyclic esters (lactones) is 1. The van der Waals surface area contributed by atoms with Gasteiger partial charge in [-0.2, -0.15) is 0 Å². The Balaban J connectivity index is 1.55. The minimum atomic E-state index is -1.85. The van der Waals surface area contributed by atoms with Crippen LogP contribution in [0.1, 0.15) is 30.9 Å². The van der Waals surface area contributed by atoms with E-state index in [1.54, 1.807) is 6.92 Å². The third kappa shape index (κ3) is 3.48. The number of halogens is 1. The van der Waals surface area contributed by atoms with Crippen LogP contribution in [0.25, 0.3) is 6.08 Å². The zero-order valence-electron chi connectivity index (χ0n) is 20.0. The number of Topliss-reactive ketones (excluding diaryl/α,β-unsaturated/α-hetero) is 1. The maximum Gasteiger partial charge on any atom is 0.355 e. The number of allylic oxidation sites excluding steroid dienone is 2. The second-order valence-electron chi connectivity index (χ2n) is 9.86. The predicted octanol–water partition coefficient (Wildman–Crippen LogP) is 1.79. The van der Waals surface area contributed by atoms with Crippen molar-refractivity contribution >= 4 is 48.7 Å². The second-order valence-corrected chi connectivity index (χ2v) is 15.2. The van der Waals surface area contributed by atoms with E-state index >= 15 is 0 Å². The van der Waals surface area contributed by atoms with Crippen LogP contribution in [0.5, 0.6) is 0 Å². The molecule has 0 saturated carbocycles. The highest BCUT2D eigenvalue weighted by molar-refractivity contribution is 6.94. The van der Waals surface area contributed by atoms with Crippen LogP contribution in [-0.4, -0.2) is 55.0 Å². The Morgan fingerprint density at radius 3 is 2.80 bits per heavy atom. The highest BCUT2D eigenvalue weighted by Gasteiger charge is 2.54. The predicted molar refractivity (Wildman–Crippen MR) is 134 cm³/mol. The van der Waals surface area contributed by atoms with Crippen LogP contribution >= 0.6 is 11.6 Å². The van der Waals surface area contributed by atoms with Gasteiger partial charge in [0.2, 0.25) is 11.4 Å². The molecule has 3 N–H and O–H groups in total. The summed E-state index contributed by atoms with van der Waals surface area (Å²) in [6.07, 6.45) is 2.47. The van der Waals surface area contributed by atoms with Gasteiger partial charge in [-0.15, -0.1) is 11.6 Å². The van der Waals surface area contributed by atoms with Crippen molar-refractivity contribution in [3.8, 4) is 0 Å². The Morgan fingerprint density at radius 1 is 1.34 bits per heavy atom. The summed E-state index contributed by atoms with van der Waals surface area (Å²) in [5.74, 6) is -0.802. The van der Waals surface area contributed by atoms with E-state index in [1.807, 2.05) is 4.90 Å². The van der Waals surface area contributed by atoms with Gasteiger partial charge in [-0.3, -0.25) is 9.59 Å². The fourth-order valence-electron chi connectivity index (χ4n) is 5.41. The molecule has 4 aliphatic rings. The molecule has 0 saturated heterocycles. The SMILES string of the molecule is CCC1(OC(=O)CN)C(=O)OCC2=C1CC1=C(C2=O)N2Cc3c(cccc3[Si](C)(C)CCl)C=C2N1. The number of nitrogens with one attached hydrogen (secondary N) is 1. The second kappa shape index (κ2) is 8.36. The summed E-state index contributed by atoms with van der Waals surface area (Å²) < 4.78 is 10.9. The lowest BCUT2D eigenvalue weighted by Crippen LogP contribution is -2.52. The number of benzene rings is 1. The van der Waals surface area contributed by atoms with Gasteiger partial charge in [0.25, 0.3) is 0 Å². The summed E-state index contributed by atoms with van der Waals surface area (Å²) in [5, 5.41) is 4.68. The molecule has 0 radical (unpaired) electrons. The van der Waals surface area contributed by atoms with Gasteiger partial charge in [-0.1, -0.05) is 43.4 Å². The summed E-state index contributed by atoms with van der Waals surface area (Å²) in [4.78, 5) is 40.8. The smallest absolute Gasteiger partial charge is 0.355 e. The van der Waals surface area contributed by atoms with Gasteiger partial charge in [0.05, 0.1) is 21.2 Å². The molecule has 5 rings (SSSR count). The first-order valence-corrected chi connectivity index (χ1v) is 15.4. The Labute approximate surface area is 209 Å². The monoisotopic (exact) mass is 513 g/mol. The molecule has 0 spiro atoms. The number of hydrogen-bond donors (Lipinski definition) is 2. The molecule has 3 aliphatic heterocycles. The topological polar surface area (TPSA) is 111 Å². The van der Waals surface area contributed by atoms with Crippen molar-refractivity contribution in [3.63, 3.8) is 0 Å². The maximum absolute atomic E-state index is 13.8. The van der Waals surface area contributed by atoms with Crippen molar-refractivity contribution in [3.05, 3.63) is 57.7 Å². The van der Waals surface area contributed by atoms with Crippen molar-refractivity contribution in [1.29, 1.82) is 0 Å². The van der Waals surface area contributed by atoms with Crippen molar-refractivity contribution in [2.24, 2.45) is 5.73 Å². The van der Waals surface area contributed by atoms with E-state index in [9.17, 15) is 14.4 Å². The minimum Gasteiger partial charge on any atom is -0.457 e. The van der Waals surface area contributed by atoms with Crippen LogP contribution in [0.3, 0.4) is 0 Å². The molecule has 0 fully saturated rings. The Bertz CT molecular complexity index is 1270. The normalized spacial score (nSPS) is 23.1. The summed E-state index contributed by atoms with van der Waals surface area (Å²) in [6, 6.07) is 6.28. The molecule has 1 aromatic rings. The number of nitrogens with two attached hydrogens (primary N) is 1. The van der Waals surface area contributed by atoms with Gasteiger partial charge in [-0.05, 0) is 23.6 Å². The maximum atomic E-state index is 13.8. The van der Waals surface area contributed by atoms with Crippen molar-refractivity contribution in [2.45, 2.75) is 45.0 Å². The molecule has 8 nitrogen and oxygen atoms in total. The van der Waals surface area contributed by atoms with Crippen molar-refractivity contribution < 1.29 is 23.9 Å². The molecule has 1 aromatic carbocycles. The number of alkyl halides is 1. The van der Waals surface area contributed by atoms with E-state index < -0.39 is 25.6 Å². The summed E-state index contributed by atoms with van der Waals surface area (Å²) in [5.41, 5.74) is 8.79. The third-order valence-electron chi connectivity index (χ3n) is 7.33. The molecule has 1 aliphatic carbocycles. The number of fused-ring (bicyclic) bond motifs is 3. The molecule has 0 amide bonds. The number of esters is 2. The van der Waals surface area contributed by atoms with E-state index in [1.165, 1.54) is 10.8 Å². The number of rotatable bonds is 5. The number of nitrogens with zero attached hydrogens (tertiary/aromatic N) is 1. The molecular formula is C25H28ClN3O5Si. The largest absolute Gasteiger partial charge is 0.457 e. The van der Waals surface area contributed by atoms with E-state index in [4.69, 9.17) is 26.8 Å². The molecule has 0 aromatic heterocycles. The Morgan fingerprint density at radius 2 is 2.11 bits per heavy atom. The van der Waals surface area contributed by atoms with Gasteiger partial charge in [0, 0.05) is 28.8 Å². The average Bonchev–Trinajstić information content (AvgIpc) is 3.21. The van der Waals surface area contributed by atoms with Gasteiger partial charge in [0.15, 0.2) is 0 Å². The number of ketones is 1. The highest BCUT2D eigenvalue weighted by atomic mass is 35.5. The van der Waals surface area contributed by atoms with Gasteiger partial charge >= 0.3 is 11.9 Å². The molecule has 1 atom stereocenters. The lowest BCUT2D eigenvalue weighted by atomic mass is 9.78. The van der Waals surface area contributed by atoms with Crippen molar-refractivity contribution in [2.75, 3.05) is 18.7 Å². The lowest BCUT2D eigenvalue weighted by Gasteiger charge is -2.39. The lowest BCUT2D eigenvalue weighted by molar-refractivity contribution is -0.179. The van der Waals surface area contributed by atoms with Crippen LogP contribution in [-0.2, 0) is 30.4 Å². The molecule has 10 heteroatoms. The van der Waals surface area contributed by atoms with Crippen LogP contribution in [0.4, 0.5) is 0 Å². The molecule has 1 unspecified atom stereocenters. The van der Waals surface area contributed by atoms with E-state index in [2.05, 4.69) is 42.7 Å². The fourth-order valence-corrected chi connectivity index (χ4v) is 7.57. The Hall–Kier alpha value is -2.88. The third-order valence-corrected chi connectivity index (χ3v) is 11.9. The van der Waals surface area contributed by atoms with Gasteiger partial charge in [-0.25, -0.2) is 4.79 Å². The van der Waals surface area contributed by atoms with Crippen LogP contribution in [0, 0.1) is 0 Å². The van der Waals surface area contributed by atoms with Crippen LogP contribution in [0.15, 0.2) is 46.6 Å². The van der Waals surface area contributed by atoms with E-state index in [-0.39, 0.29) is 31.8 Å². The summed E-state index contributed by atoms with van der Waals surface area (Å²) in [6.45, 7) is 6.24. The first-order chi connectivity index (χ1) is 16.7. The van der Waals surface area contributed by atoms with E-state index in [0.29, 0.717) is 34.6 Å². The van der Waals surface area contributed by atoms with Crippen LogP contribution in [0.2, 0.25) is 13.1 Å². The van der Waals surface area contributed by atoms with Crippen molar-refractivity contribution in [1.82, 2.24) is 10.2 Å². The number of carbonyl (C=O) groups excluding carboxylic acids is 3. The quantitative estimate of drug-likeness (QED) is 0.348. The van der Waals surface area contributed by atoms with Gasteiger partial charge < -0.3 is 25.4 Å². The number of ether oxygens (including phenoxy) is 2. The molecular weight excluding hydrogens is 486 g/mol. The summed E-state index contributed by atoms with van der Waals surface area (Å²) in [7, 11) is -1.85. The average molecular weight is 514 g/mol. The van der Waals surface area contributed by atoms with Gasteiger partial charge in [0.1, 0.15) is 18.1 Å². The number of carbonyl (C=O) groups is 3. The molecule has 3 heterocycles. The van der Waals surface area contributed by atoms with Crippen LogP contribution < -0.4 is 16.2 Å². The zero-order valence-corrected chi connectivity index (χ0v) is 21.8. The first kappa shape index (κ1) is 23.8. The van der Waals surface area contributed by atoms with E-state index in [0.717, 1.165) is 11.4 Å². The highest BCUT2D eigenvalue weighted by Crippen LogP contribution is 2.45. The minimum absolute atomic E-state index is 0.144. The Kier molecular flexibility index (Phi) is 5.69. The molecule has 0 bridgehead atoms. The molecule has 35 heavy (non-hydrogen) atoms. The zero-order chi connectivity index (χ0) is 25.1. The first-order valence-electron chi connectivity index (χ1n) is 11.7.